The fourth-order valence-electron chi connectivity index (χ4n) is 5.22. The van der Waals surface area contributed by atoms with Crippen molar-refractivity contribution in [2.24, 2.45) is 0 Å². The van der Waals surface area contributed by atoms with Crippen LogP contribution in [0.2, 0.25) is 0 Å². The van der Waals surface area contributed by atoms with E-state index in [4.69, 9.17) is 23.7 Å². The van der Waals surface area contributed by atoms with Gasteiger partial charge in [-0.1, -0.05) is 0 Å². The van der Waals surface area contributed by atoms with E-state index in [0.717, 1.165) is 6.92 Å². The average molecular weight is 568 g/mol. The molecule has 0 aromatic heterocycles. The number of amides is 2. The van der Waals surface area contributed by atoms with Gasteiger partial charge in [-0.25, -0.2) is 0 Å². The molecule has 0 unspecified atom stereocenters. The van der Waals surface area contributed by atoms with Gasteiger partial charge in [-0.2, -0.15) is 0 Å². The number of aliphatic hydroxyl groups is 7. The van der Waals surface area contributed by atoms with Crippen molar-refractivity contribution in [1.82, 2.24) is 16.0 Å². The Kier molecular flexibility index (Phi) is 9.14. The zero-order chi connectivity index (χ0) is 28.8. The minimum atomic E-state index is -1.73. The molecule has 0 aliphatic carbocycles. The van der Waals surface area contributed by atoms with Crippen LogP contribution < -0.4 is 16.0 Å². The first-order chi connectivity index (χ1) is 18.3. The Morgan fingerprint density at radius 2 is 1.49 bits per heavy atom. The Morgan fingerprint density at radius 3 is 2.08 bits per heavy atom. The Labute approximate surface area is 222 Å². The van der Waals surface area contributed by atoms with Crippen molar-refractivity contribution in [1.29, 1.82) is 0 Å². The van der Waals surface area contributed by atoms with Crippen LogP contribution in [0.1, 0.15) is 20.8 Å². The van der Waals surface area contributed by atoms with Gasteiger partial charge in [0, 0.05) is 13.8 Å². The minimum absolute atomic E-state index is 0.513. The summed E-state index contributed by atoms with van der Waals surface area (Å²) >= 11 is 0. The Balaban J connectivity index is 1.67. The third kappa shape index (κ3) is 5.78. The molecular formula is C22H37N3O14. The maximum absolute atomic E-state index is 12.1. The Morgan fingerprint density at radius 1 is 0.821 bits per heavy atom. The number of rotatable bonds is 8. The topological polar surface area (TPSA) is 268 Å². The zero-order valence-electron chi connectivity index (χ0n) is 21.5. The number of carbonyl (C=O) groups excluding carboxylic acids is 2. The first-order valence-corrected chi connectivity index (χ1v) is 12.6. The summed E-state index contributed by atoms with van der Waals surface area (Å²) in [6.45, 7) is 2.48. The molecule has 39 heavy (non-hydrogen) atoms. The zero-order valence-corrected chi connectivity index (χ0v) is 21.5. The van der Waals surface area contributed by atoms with Crippen molar-refractivity contribution in [3.05, 3.63) is 0 Å². The molecule has 0 aromatic rings. The molecule has 4 aliphatic rings. The third-order valence-electron chi connectivity index (χ3n) is 7.32. The van der Waals surface area contributed by atoms with Gasteiger partial charge in [0.2, 0.25) is 11.8 Å². The van der Waals surface area contributed by atoms with E-state index >= 15 is 0 Å². The van der Waals surface area contributed by atoms with E-state index in [0.29, 0.717) is 0 Å². The molecule has 0 saturated carbocycles. The van der Waals surface area contributed by atoms with Gasteiger partial charge in [0.25, 0.3) is 0 Å². The second-order valence-corrected chi connectivity index (χ2v) is 10.2. The average Bonchev–Trinajstić information content (AvgIpc) is 3.58. The van der Waals surface area contributed by atoms with Crippen LogP contribution in [0.5, 0.6) is 0 Å². The van der Waals surface area contributed by atoms with Gasteiger partial charge < -0.3 is 70.1 Å². The summed E-state index contributed by atoms with van der Waals surface area (Å²) in [5, 5.41) is 79.7. The van der Waals surface area contributed by atoms with Crippen LogP contribution in [0.3, 0.4) is 0 Å². The van der Waals surface area contributed by atoms with Crippen LogP contribution >= 0.6 is 0 Å². The molecule has 4 rings (SSSR count). The molecule has 4 saturated heterocycles. The Hall–Kier alpha value is -1.58. The predicted molar refractivity (Wildman–Crippen MR) is 123 cm³/mol. The number of hydrogen-bond donors (Lipinski definition) is 10. The first kappa shape index (κ1) is 30.4. The van der Waals surface area contributed by atoms with Gasteiger partial charge in [0.05, 0.1) is 19.3 Å². The number of nitrogens with one attached hydrogen (secondary N) is 3. The highest BCUT2D eigenvalue weighted by molar-refractivity contribution is 5.74. The monoisotopic (exact) mass is 567 g/mol. The van der Waals surface area contributed by atoms with E-state index in [9.17, 15) is 45.3 Å². The first-order valence-electron chi connectivity index (χ1n) is 12.6. The quantitative estimate of drug-likeness (QED) is 0.122. The van der Waals surface area contributed by atoms with Crippen molar-refractivity contribution in [3.8, 4) is 0 Å². The van der Waals surface area contributed by atoms with Gasteiger partial charge in [0.1, 0.15) is 67.2 Å². The summed E-state index contributed by atoms with van der Waals surface area (Å²) in [5.74, 6) is -1.11. The fourth-order valence-corrected chi connectivity index (χ4v) is 5.22. The lowest BCUT2D eigenvalue weighted by molar-refractivity contribution is -0.347. The van der Waals surface area contributed by atoms with E-state index in [2.05, 4.69) is 16.0 Å². The molecule has 15 atom stereocenters. The largest absolute Gasteiger partial charge is 0.394 e. The summed E-state index contributed by atoms with van der Waals surface area (Å²) < 4.78 is 29.2. The summed E-state index contributed by atoms with van der Waals surface area (Å²) in [5.41, 5.74) is -1.47. The van der Waals surface area contributed by atoms with Crippen LogP contribution in [0.4, 0.5) is 0 Å². The molecule has 17 heteroatoms. The smallest absolute Gasteiger partial charge is 0.218 e. The summed E-state index contributed by atoms with van der Waals surface area (Å²) in [6.07, 6.45) is -18.1. The highest BCUT2D eigenvalue weighted by Gasteiger charge is 2.70. The van der Waals surface area contributed by atoms with Crippen LogP contribution in [-0.4, -0.2) is 152 Å². The summed E-state index contributed by atoms with van der Waals surface area (Å²) in [4.78, 5) is 24.0. The van der Waals surface area contributed by atoms with E-state index in [1.165, 1.54) is 13.8 Å². The highest BCUT2D eigenvalue weighted by atomic mass is 16.7. The molecule has 4 heterocycles. The second-order valence-electron chi connectivity index (χ2n) is 10.2. The van der Waals surface area contributed by atoms with Crippen LogP contribution in [0.15, 0.2) is 0 Å². The highest BCUT2D eigenvalue weighted by Crippen LogP contribution is 2.43. The van der Waals surface area contributed by atoms with Crippen LogP contribution in [-0.2, 0) is 33.3 Å². The van der Waals surface area contributed by atoms with Gasteiger partial charge in [0.15, 0.2) is 18.2 Å². The third-order valence-corrected chi connectivity index (χ3v) is 7.32. The van der Waals surface area contributed by atoms with Crippen LogP contribution in [0.25, 0.3) is 0 Å². The van der Waals surface area contributed by atoms with Crippen LogP contribution in [0, 0.1) is 0 Å². The van der Waals surface area contributed by atoms with Crippen molar-refractivity contribution < 1.29 is 69.0 Å². The van der Waals surface area contributed by atoms with Crippen molar-refractivity contribution >= 4 is 11.8 Å². The summed E-state index contributed by atoms with van der Waals surface area (Å²) in [7, 11) is 0. The molecule has 2 amide bonds. The molecule has 4 fully saturated rings. The molecule has 4 aliphatic heterocycles. The SMILES string of the molecule is CC(=O)N[C@H]1[C@H](O[C@@H]2[C@@H](CO)O[C@@H]3N[C@@]3(NC(C)=O)[C@H]2O[C@H]2O[C@@H](C)[C@@H](O)[C@@H](O)[C@@H]2O)O[C@H](CO)[C@@H](O)[C@@H]1O. The van der Waals surface area contributed by atoms with Gasteiger partial charge in [-0.3, -0.25) is 14.9 Å². The van der Waals surface area contributed by atoms with Gasteiger partial charge in [-0.15, -0.1) is 0 Å². The van der Waals surface area contributed by atoms with E-state index < -0.39 is 117 Å². The maximum Gasteiger partial charge on any atom is 0.218 e. The van der Waals surface area contributed by atoms with Crippen molar-refractivity contribution in [2.45, 2.75) is 112 Å². The molecule has 0 bridgehead atoms. The maximum atomic E-state index is 12.1. The molecule has 0 aromatic carbocycles. The fraction of sp³-hybridized carbons (Fsp3) is 0.909. The van der Waals surface area contributed by atoms with Crippen molar-refractivity contribution in [2.75, 3.05) is 13.2 Å². The van der Waals surface area contributed by atoms with E-state index in [1.54, 1.807) is 0 Å². The standard InChI is InChI=1S/C22H37N3O14/c1-6-12(30)15(33)16(34)20(35-6)39-18-17(10(5-27)37-21-22(18,25-21)24-8(3)29)38-19-11(23-7(2)28)14(32)13(31)9(4-26)36-19/h6,9-21,25-27,30-34H,4-5H2,1-3H3,(H,23,28)(H,24,29)/t6-,9+,10+,11+,12+,13+,14+,15+,16-,17+,18-,19-,20+,21-,22-/m0/s1. The summed E-state index contributed by atoms with van der Waals surface area (Å²) in [6, 6.07) is -1.35. The van der Waals surface area contributed by atoms with Gasteiger partial charge >= 0.3 is 0 Å². The van der Waals surface area contributed by atoms with E-state index in [-0.39, 0.29) is 0 Å². The Bertz CT molecular complexity index is 900. The normalized spacial score (nSPS) is 49.6. The lowest BCUT2D eigenvalue weighted by atomic mass is 9.94. The molecule has 0 spiro atoms. The predicted octanol–water partition coefficient (Wildman–Crippen LogP) is -6.32. The number of fused-ring (bicyclic) bond motifs is 1. The number of aliphatic hydroxyl groups excluding tert-OH is 7. The lowest BCUT2D eigenvalue weighted by Crippen LogP contribution is -2.69. The molecular weight excluding hydrogens is 530 g/mol. The minimum Gasteiger partial charge on any atom is -0.394 e. The number of hydrogen-bond acceptors (Lipinski definition) is 15. The van der Waals surface area contributed by atoms with Crippen molar-refractivity contribution in [3.63, 3.8) is 0 Å². The second kappa shape index (κ2) is 11.7. The van der Waals surface area contributed by atoms with E-state index in [1.807, 2.05) is 0 Å². The molecule has 224 valence electrons. The number of carbonyl (C=O) groups is 2. The molecule has 0 radical (unpaired) electrons. The number of ether oxygens (including phenoxy) is 5. The van der Waals surface area contributed by atoms with Gasteiger partial charge in [-0.05, 0) is 6.92 Å². The lowest BCUT2D eigenvalue weighted by Gasteiger charge is -2.48. The molecule has 10 N–H and O–H groups in total. The molecule has 17 nitrogen and oxygen atoms in total.